The van der Waals surface area contributed by atoms with Crippen molar-refractivity contribution in [3.8, 4) is 33.5 Å². The number of piperidine rings is 1. The Morgan fingerprint density at radius 1 is 1.20 bits per heavy atom. The molecule has 0 unspecified atom stereocenters. The quantitative estimate of drug-likeness (QED) is 0.163. The first-order valence-electron chi connectivity index (χ1n) is 13.4. The molecule has 0 saturated carbocycles. The average Bonchev–Trinajstić information content (AvgIpc) is 3.39. The Balaban J connectivity index is 1.26. The Labute approximate surface area is 243 Å². The number of thioether (sulfide) groups is 1. The fourth-order valence-corrected chi connectivity index (χ4v) is 6.74. The van der Waals surface area contributed by atoms with Crippen LogP contribution < -0.4 is 10.1 Å². The molecular formula is C30H32N6O2S2. The van der Waals surface area contributed by atoms with Crippen LogP contribution in [0.3, 0.4) is 0 Å². The number of rotatable bonds is 11. The third-order valence-electron chi connectivity index (χ3n) is 6.95. The number of ether oxygens (including phenoxy) is 1. The summed E-state index contributed by atoms with van der Waals surface area (Å²) in [7, 11) is 0. The first kappa shape index (κ1) is 28.1. The van der Waals surface area contributed by atoms with E-state index in [-0.39, 0.29) is 0 Å². The van der Waals surface area contributed by atoms with E-state index in [2.05, 4.69) is 26.3 Å². The molecule has 3 aromatic heterocycles. The van der Waals surface area contributed by atoms with E-state index in [9.17, 15) is 10.4 Å². The number of likely N-dealkylation sites (tertiary alicyclic amines) is 1. The summed E-state index contributed by atoms with van der Waals surface area (Å²) in [5.41, 5.74) is 3.96. The van der Waals surface area contributed by atoms with E-state index in [0.717, 1.165) is 76.2 Å². The molecule has 0 aliphatic carbocycles. The Bertz CT molecular complexity index is 1450. The van der Waals surface area contributed by atoms with Gasteiger partial charge in [0.1, 0.15) is 11.8 Å². The zero-order chi connectivity index (χ0) is 27.7. The van der Waals surface area contributed by atoms with Crippen LogP contribution in [0.15, 0.2) is 65.3 Å². The van der Waals surface area contributed by atoms with Crippen LogP contribution in [0.5, 0.6) is 5.75 Å². The number of aromatic nitrogens is 3. The molecule has 0 radical (unpaired) electrons. The average molecular weight is 573 g/mol. The number of nitrogens with one attached hydrogen (secondary N) is 1. The van der Waals surface area contributed by atoms with Gasteiger partial charge in [-0.15, -0.1) is 23.1 Å². The summed E-state index contributed by atoms with van der Waals surface area (Å²) in [5.74, 6) is 1.72. The standard InChI is InChI=1S/C30H32N6O2S2/c1-39-29-25(18-31)27(22-5-3-11-32-19-22)28(40-29)26-8-12-33-30(35-26)34-23-6-2-7-24(17-23)38-16-4-13-36-14-9-21(20-37)10-15-36/h2-3,5-8,11-12,17,19,21,37H,4,9-10,13-16,20H2,1H3,(H,33,34,35). The number of nitrogens with zero attached hydrogens (tertiary/aromatic N) is 5. The van der Waals surface area contributed by atoms with Gasteiger partial charge in [-0.05, 0) is 68.8 Å². The second-order valence-electron chi connectivity index (χ2n) is 9.61. The van der Waals surface area contributed by atoms with Gasteiger partial charge in [0, 0.05) is 54.6 Å². The molecule has 1 aliphatic heterocycles. The fourth-order valence-electron chi connectivity index (χ4n) is 4.83. The maximum atomic E-state index is 9.95. The number of pyridine rings is 1. The van der Waals surface area contributed by atoms with Crippen LogP contribution >= 0.6 is 23.1 Å². The van der Waals surface area contributed by atoms with Gasteiger partial charge in [0.2, 0.25) is 5.95 Å². The molecule has 10 heteroatoms. The highest BCUT2D eigenvalue weighted by Gasteiger charge is 2.22. The van der Waals surface area contributed by atoms with E-state index in [1.807, 2.05) is 48.7 Å². The topological polar surface area (TPSA) is 107 Å². The summed E-state index contributed by atoms with van der Waals surface area (Å²) < 4.78 is 6.98. The van der Waals surface area contributed by atoms with Crippen molar-refractivity contribution in [2.45, 2.75) is 23.5 Å². The molecule has 4 heterocycles. The number of nitriles is 1. The Morgan fingerprint density at radius 3 is 2.83 bits per heavy atom. The fraction of sp³-hybridized carbons (Fsp3) is 0.333. The van der Waals surface area contributed by atoms with Crippen LogP contribution in [0.2, 0.25) is 0 Å². The Morgan fingerprint density at radius 2 is 2.08 bits per heavy atom. The molecule has 1 aromatic carbocycles. The van der Waals surface area contributed by atoms with Crippen molar-refractivity contribution in [2.24, 2.45) is 5.92 Å². The molecule has 1 fully saturated rings. The van der Waals surface area contributed by atoms with E-state index < -0.39 is 0 Å². The van der Waals surface area contributed by atoms with Gasteiger partial charge in [-0.2, -0.15) is 5.26 Å². The molecule has 1 aliphatic rings. The van der Waals surface area contributed by atoms with E-state index in [4.69, 9.17) is 9.72 Å². The molecule has 1 saturated heterocycles. The van der Waals surface area contributed by atoms with Crippen LogP contribution in [0.25, 0.3) is 21.7 Å². The van der Waals surface area contributed by atoms with Gasteiger partial charge in [-0.25, -0.2) is 9.97 Å². The molecule has 206 valence electrons. The summed E-state index contributed by atoms with van der Waals surface area (Å²) in [4.78, 5) is 16.9. The highest BCUT2D eigenvalue weighted by molar-refractivity contribution is 8.00. The van der Waals surface area contributed by atoms with Crippen LogP contribution in [-0.4, -0.2) is 64.1 Å². The lowest BCUT2D eigenvalue weighted by Gasteiger charge is -2.30. The van der Waals surface area contributed by atoms with E-state index in [0.29, 0.717) is 30.6 Å². The zero-order valence-electron chi connectivity index (χ0n) is 22.4. The predicted octanol–water partition coefficient (Wildman–Crippen LogP) is 6.08. The molecular weight excluding hydrogens is 541 g/mol. The lowest BCUT2D eigenvalue weighted by Crippen LogP contribution is -2.35. The van der Waals surface area contributed by atoms with E-state index in [1.54, 1.807) is 41.7 Å². The maximum absolute atomic E-state index is 9.95. The highest BCUT2D eigenvalue weighted by Crippen LogP contribution is 2.45. The molecule has 5 rings (SSSR count). The van der Waals surface area contributed by atoms with Crippen LogP contribution in [0.1, 0.15) is 24.8 Å². The second kappa shape index (κ2) is 13.7. The molecule has 8 nitrogen and oxygen atoms in total. The van der Waals surface area contributed by atoms with E-state index >= 15 is 0 Å². The Kier molecular flexibility index (Phi) is 9.63. The van der Waals surface area contributed by atoms with Gasteiger partial charge in [0.25, 0.3) is 0 Å². The van der Waals surface area contributed by atoms with Crippen molar-refractivity contribution >= 4 is 34.7 Å². The minimum absolute atomic E-state index is 0.304. The number of thiophene rings is 1. The first-order chi connectivity index (χ1) is 19.7. The lowest BCUT2D eigenvalue weighted by molar-refractivity contribution is 0.126. The largest absolute Gasteiger partial charge is 0.493 e. The van der Waals surface area contributed by atoms with Crippen molar-refractivity contribution in [3.63, 3.8) is 0 Å². The first-order valence-corrected chi connectivity index (χ1v) is 15.4. The molecule has 0 bridgehead atoms. The minimum atomic E-state index is 0.304. The van der Waals surface area contributed by atoms with Crippen molar-refractivity contribution < 1.29 is 9.84 Å². The van der Waals surface area contributed by atoms with Gasteiger partial charge >= 0.3 is 0 Å². The van der Waals surface area contributed by atoms with Crippen molar-refractivity contribution in [1.82, 2.24) is 19.9 Å². The van der Waals surface area contributed by atoms with Gasteiger partial charge in [-0.1, -0.05) is 12.1 Å². The Hall–Kier alpha value is -3.49. The molecule has 0 amide bonds. The summed E-state index contributed by atoms with van der Waals surface area (Å²) in [6.07, 6.45) is 10.3. The van der Waals surface area contributed by atoms with Gasteiger partial charge in [0.15, 0.2) is 0 Å². The monoisotopic (exact) mass is 572 g/mol. The molecule has 0 atom stereocenters. The SMILES string of the molecule is CSc1sc(-c2ccnc(Nc3cccc(OCCCN4CCC(CO)CC4)c3)n2)c(-c2cccnc2)c1C#N. The van der Waals surface area contributed by atoms with Crippen LogP contribution in [0, 0.1) is 17.2 Å². The van der Waals surface area contributed by atoms with Gasteiger partial charge in [0.05, 0.1) is 27.0 Å². The predicted molar refractivity (Wildman–Crippen MR) is 161 cm³/mol. The molecule has 2 N–H and O–H groups in total. The number of anilines is 2. The summed E-state index contributed by atoms with van der Waals surface area (Å²) >= 11 is 3.12. The number of aliphatic hydroxyl groups excluding tert-OH is 1. The van der Waals surface area contributed by atoms with Crippen molar-refractivity contribution in [2.75, 3.05) is 44.4 Å². The molecule has 40 heavy (non-hydrogen) atoms. The second-order valence-corrected chi connectivity index (χ2v) is 11.7. The third-order valence-corrected chi connectivity index (χ3v) is 9.29. The molecule has 0 spiro atoms. The lowest BCUT2D eigenvalue weighted by atomic mass is 9.98. The van der Waals surface area contributed by atoms with Crippen LogP contribution in [0.4, 0.5) is 11.6 Å². The normalized spacial score (nSPS) is 14.1. The minimum Gasteiger partial charge on any atom is -0.493 e. The zero-order valence-corrected chi connectivity index (χ0v) is 24.0. The van der Waals surface area contributed by atoms with Crippen molar-refractivity contribution in [1.29, 1.82) is 5.26 Å². The van der Waals surface area contributed by atoms with Gasteiger partial charge < -0.3 is 20.1 Å². The van der Waals surface area contributed by atoms with E-state index in [1.165, 1.54) is 0 Å². The highest BCUT2D eigenvalue weighted by atomic mass is 32.2. The molecule has 4 aromatic rings. The third kappa shape index (κ3) is 6.80. The van der Waals surface area contributed by atoms with Gasteiger partial charge in [-0.3, -0.25) is 4.98 Å². The number of hydrogen-bond acceptors (Lipinski definition) is 10. The smallest absolute Gasteiger partial charge is 0.227 e. The summed E-state index contributed by atoms with van der Waals surface area (Å²) in [6, 6.07) is 15.9. The number of aliphatic hydroxyl groups is 1. The number of benzene rings is 1. The van der Waals surface area contributed by atoms with Crippen LogP contribution in [-0.2, 0) is 0 Å². The summed E-state index contributed by atoms with van der Waals surface area (Å²) in [6.45, 7) is 4.05. The van der Waals surface area contributed by atoms with Crippen molar-refractivity contribution in [3.05, 3.63) is 66.6 Å². The summed E-state index contributed by atoms with van der Waals surface area (Å²) in [5, 5.41) is 22.6. The number of hydrogen-bond donors (Lipinski definition) is 2. The maximum Gasteiger partial charge on any atom is 0.227 e.